The number of hydrogen-bond donors (Lipinski definition) is 2. The van der Waals surface area contributed by atoms with Crippen LogP contribution in [0.4, 0.5) is 15.8 Å². The molecule has 1 aromatic heterocycles. The molecule has 7 nitrogen and oxygen atoms in total. The minimum absolute atomic E-state index is 0.0287. The van der Waals surface area contributed by atoms with Gasteiger partial charge in [0, 0.05) is 31.0 Å². The summed E-state index contributed by atoms with van der Waals surface area (Å²) in [5.74, 6) is -0.831. The molecule has 1 fully saturated rings. The zero-order valence-electron chi connectivity index (χ0n) is 16.3. The lowest BCUT2D eigenvalue weighted by atomic mass is 9.98. The van der Waals surface area contributed by atoms with Crippen LogP contribution in [0.1, 0.15) is 30.1 Å². The van der Waals surface area contributed by atoms with Gasteiger partial charge < -0.3 is 25.0 Å². The highest BCUT2D eigenvalue weighted by Crippen LogP contribution is 2.47. The van der Waals surface area contributed by atoms with Crippen molar-refractivity contribution in [1.29, 1.82) is 0 Å². The second-order valence-electron chi connectivity index (χ2n) is 7.98. The quantitative estimate of drug-likeness (QED) is 0.490. The molecule has 30 heavy (non-hydrogen) atoms. The van der Waals surface area contributed by atoms with Gasteiger partial charge >= 0.3 is 5.97 Å². The number of anilines is 2. The lowest BCUT2D eigenvalue weighted by Gasteiger charge is -2.35. The molecule has 1 saturated heterocycles. The Labute approximate surface area is 171 Å². The molecule has 3 aromatic rings. The molecule has 0 amide bonds. The van der Waals surface area contributed by atoms with E-state index in [1.54, 1.807) is 22.8 Å². The number of nitrogens with two attached hydrogens (primary N) is 1. The van der Waals surface area contributed by atoms with Crippen LogP contribution in [0.5, 0.6) is 11.5 Å². The third-order valence-corrected chi connectivity index (χ3v) is 5.96. The number of nitrogen functional groups attached to an aromatic ring is 1. The average Bonchev–Trinajstić information content (AvgIpc) is 2.70. The highest BCUT2D eigenvalue weighted by atomic mass is 19.1. The van der Waals surface area contributed by atoms with E-state index in [1.807, 2.05) is 4.90 Å². The van der Waals surface area contributed by atoms with Crippen molar-refractivity contribution in [2.24, 2.45) is 5.92 Å². The average molecular weight is 409 g/mol. The molecule has 0 bridgehead atoms. The minimum atomic E-state index is -1.37. The summed E-state index contributed by atoms with van der Waals surface area (Å²) in [5, 5.41) is 9.48. The topological polar surface area (TPSA) is 97.8 Å². The van der Waals surface area contributed by atoms with E-state index in [2.05, 4.69) is 6.92 Å². The Bertz CT molecular complexity index is 1280. The molecule has 2 aliphatic heterocycles. The van der Waals surface area contributed by atoms with Gasteiger partial charge in [-0.1, -0.05) is 6.92 Å². The fourth-order valence-corrected chi connectivity index (χ4v) is 4.30. The second kappa shape index (κ2) is 6.48. The van der Waals surface area contributed by atoms with E-state index in [9.17, 15) is 14.7 Å². The van der Waals surface area contributed by atoms with Crippen LogP contribution in [0.3, 0.4) is 0 Å². The summed E-state index contributed by atoms with van der Waals surface area (Å²) in [5.41, 5.74) is 6.38. The van der Waals surface area contributed by atoms with Gasteiger partial charge in [0.05, 0.1) is 11.1 Å². The standard InChI is InChI=1S/C22H20FN3O4/c1-11-4-6-25(7-5-11)19-15(23)9-13-18-21(19)30-17-8-12(24)2-3-16(17)26(18)10-14(20(13)27)22(28)29/h2-3,8-11H,4-7,24H2,1H3,(H,28,29). The molecule has 0 unspecified atom stereocenters. The Hall–Kier alpha value is -3.55. The molecule has 5 rings (SSSR count). The van der Waals surface area contributed by atoms with Gasteiger partial charge in [-0.15, -0.1) is 0 Å². The van der Waals surface area contributed by atoms with Crippen LogP contribution in [0.2, 0.25) is 0 Å². The molecule has 0 aliphatic carbocycles. The number of carboxylic acid groups (broad SMARTS) is 1. The van der Waals surface area contributed by atoms with E-state index in [4.69, 9.17) is 10.5 Å². The van der Waals surface area contributed by atoms with Crippen LogP contribution in [-0.4, -0.2) is 28.7 Å². The first-order chi connectivity index (χ1) is 14.3. The first-order valence-electron chi connectivity index (χ1n) is 9.83. The van der Waals surface area contributed by atoms with Crippen LogP contribution < -0.4 is 20.8 Å². The van der Waals surface area contributed by atoms with Crippen LogP contribution in [0.15, 0.2) is 35.3 Å². The molecule has 8 heteroatoms. The number of benzene rings is 2. The largest absolute Gasteiger partial charge is 0.477 e. The highest BCUT2D eigenvalue weighted by molar-refractivity contribution is 5.99. The minimum Gasteiger partial charge on any atom is -0.477 e. The van der Waals surface area contributed by atoms with Crippen LogP contribution >= 0.6 is 0 Å². The van der Waals surface area contributed by atoms with Gasteiger partial charge in [0.25, 0.3) is 0 Å². The van der Waals surface area contributed by atoms with E-state index in [0.29, 0.717) is 47.3 Å². The Morgan fingerprint density at radius 3 is 2.70 bits per heavy atom. The number of fused-ring (bicyclic) bond motifs is 2. The van der Waals surface area contributed by atoms with Crippen molar-refractivity contribution < 1.29 is 19.0 Å². The number of aromatic carboxylic acids is 1. The molecule has 2 aliphatic rings. The normalized spacial score (nSPS) is 15.7. The first kappa shape index (κ1) is 18.5. The lowest BCUT2D eigenvalue weighted by molar-refractivity contribution is 0.0695. The van der Waals surface area contributed by atoms with Crippen molar-refractivity contribution in [3.05, 3.63) is 52.1 Å². The summed E-state index contributed by atoms with van der Waals surface area (Å²) in [4.78, 5) is 26.4. The van der Waals surface area contributed by atoms with Crippen molar-refractivity contribution in [2.75, 3.05) is 23.7 Å². The second-order valence-corrected chi connectivity index (χ2v) is 7.98. The number of aromatic nitrogens is 1. The molecule has 3 N–H and O–H groups in total. The van der Waals surface area contributed by atoms with Gasteiger partial charge in [0.1, 0.15) is 16.8 Å². The van der Waals surface area contributed by atoms with Gasteiger partial charge in [-0.3, -0.25) is 4.79 Å². The smallest absolute Gasteiger partial charge is 0.341 e. The fraction of sp³-hybridized carbons (Fsp3) is 0.273. The monoisotopic (exact) mass is 409 g/mol. The number of pyridine rings is 1. The number of carboxylic acids is 1. The molecular formula is C22H20FN3O4. The number of rotatable bonds is 2. The SMILES string of the molecule is CC1CCN(c2c(F)cc3c(=O)c(C(=O)O)cn4c3c2Oc2cc(N)ccc2-4)CC1. The third-order valence-electron chi connectivity index (χ3n) is 5.96. The van der Waals surface area contributed by atoms with E-state index < -0.39 is 22.8 Å². The Morgan fingerprint density at radius 1 is 1.27 bits per heavy atom. The zero-order chi connectivity index (χ0) is 21.2. The summed E-state index contributed by atoms with van der Waals surface area (Å²) < 4.78 is 23.0. The Kier molecular flexibility index (Phi) is 3.99. The predicted molar refractivity (Wildman–Crippen MR) is 112 cm³/mol. The molecule has 0 saturated carbocycles. The van der Waals surface area contributed by atoms with Crippen molar-refractivity contribution in [1.82, 2.24) is 4.57 Å². The number of ether oxygens (including phenoxy) is 1. The van der Waals surface area contributed by atoms with Crippen molar-refractivity contribution >= 4 is 28.2 Å². The maximum Gasteiger partial charge on any atom is 0.341 e. The Balaban J connectivity index is 1.87. The van der Waals surface area contributed by atoms with Gasteiger partial charge in [-0.2, -0.15) is 0 Å². The summed E-state index contributed by atoms with van der Waals surface area (Å²) in [6.07, 6.45) is 3.12. The van der Waals surface area contributed by atoms with Gasteiger partial charge in [-0.25, -0.2) is 9.18 Å². The summed E-state index contributed by atoms with van der Waals surface area (Å²) in [7, 11) is 0. The number of piperidine rings is 1. The first-order valence-corrected chi connectivity index (χ1v) is 9.83. The van der Waals surface area contributed by atoms with E-state index in [1.165, 1.54) is 6.20 Å². The van der Waals surface area contributed by atoms with Crippen LogP contribution in [0.25, 0.3) is 16.6 Å². The maximum atomic E-state index is 15.3. The van der Waals surface area contributed by atoms with E-state index >= 15 is 4.39 Å². The maximum absolute atomic E-state index is 15.3. The molecular weight excluding hydrogens is 389 g/mol. The van der Waals surface area contributed by atoms with Crippen LogP contribution in [-0.2, 0) is 0 Å². The third kappa shape index (κ3) is 2.63. The lowest BCUT2D eigenvalue weighted by Crippen LogP contribution is -2.34. The van der Waals surface area contributed by atoms with Crippen molar-refractivity contribution in [3.8, 4) is 17.2 Å². The fourth-order valence-electron chi connectivity index (χ4n) is 4.30. The summed E-state index contributed by atoms with van der Waals surface area (Å²) in [6, 6.07) is 6.08. The van der Waals surface area contributed by atoms with E-state index in [-0.39, 0.29) is 11.1 Å². The van der Waals surface area contributed by atoms with Gasteiger partial charge in [0.2, 0.25) is 5.43 Å². The van der Waals surface area contributed by atoms with Gasteiger partial charge in [0.15, 0.2) is 17.3 Å². The number of halogens is 1. The van der Waals surface area contributed by atoms with Crippen LogP contribution in [0, 0.1) is 11.7 Å². The molecule has 2 aromatic carbocycles. The van der Waals surface area contributed by atoms with E-state index in [0.717, 1.165) is 18.9 Å². The summed E-state index contributed by atoms with van der Waals surface area (Å²) in [6.45, 7) is 3.50. The highest BCUT2D eigenvalue weighted by Gasteiger charge is 2.31. The molecule has 0 radical (unpaired) electrons. The zero-order valence-corrected chi connectivity index (χ0v) is 16.3. The van der Waals surface area contributed by atoms with Crippen molar-refractivity contribution in [3.63, 3.8) is 0 Å². The number of carbonyl (C=O) groups is 1. The van der Waals surface area contributed by atoms with Crippen molar-refractivity contribution in [2.45, 2.75) is 19.8 Å². The number of nitrogens with zero attached hydrogens (tertiary/aromatic N) is 2. The summed E-state index contributed by atoms with van der Waals surface area (Å²) >= 11 is 0. The molecule has 154 valence electrons. The number of hydrogen-bond acceptors (Lipinski definition) is 5. The van der Waals surface area contributed by atoms with Gasteiger partial charge in [-0.05, 0) is 37.0 Å². The Morgan fingerprint density at radius 2 is 2.00 bits per heavy atom. The molecule has 3 heterocycles. The molecule has 0 atom stereocenters. The predicted octanol–water partition coefficient (Wildman–Crippen LogP) is 3.75. The molecule has 0 spiro atoms.